The standard InChI is InChI=1S/C15H25NS2/c1-4-6-12(13-7-5-9-18-13)16-14-11-17-10-8-15(14,2)3/h5,7,9,12,14,16H,4,6,8,10-11H2,1-3H3. The van der Waals surface area contributed by atoms with E-state index < -0.39 is 0 Å². The smallest absolute Gasteiger partial charge is 0.0417 e. The average Bonchev–Trinajstić information content (AvgIpc) is 2.84. The normalized spacial score (nSPS) is 24.9. The van der Waals surface area contributed by atoms with Crippen molar-refractivity contribution in [3.8, 4) is 0 Å². The van der Waals surface area contributed by atoms with E-state index in [1.807, 2.05) is 11.3 Å². The molecule has 0 saturated carbocycles. The van der Waals surface area contributed by atoms with Crippen LogP contribution in [0.15, 0.2) is 17.5 Å². The zero-order valence-corrected chi connectivity index (χ0v) is 13.4. The van der Waals surface area contributed by atoms with Crippen molar-refractivity contribution in [3.05, 3.63) is 22.4 Å². The fourth-order valence-corrected chi connectivity index (χ4v) is 4.98. The molecule has 3 heteroatoms. The van der Waals surface area contributed by atoms with Gasteiger partial charge in [0.05, 0.1) is 0 Å². The van der Waals surface area contributed by atoms with Crippen LogP contribution in [0.25, 0.3) is 0 Å². The van der Waals surface area contributed by atoms with Gasteiger partial charge in [0.1, 0.15) is 0 Å². The number of thioether (sulfide) groups is 1. The Morgan fingerprint density at radius 2 is 2.33 bits per heavy atom. The summed E-state index contributed by atoms with van der Waals surface area (Å²) in [5.74, 6) is 2.58. The summed E-state index contributed by atoms with van der Waals surface area (Å²) >= 11 is 3.99. The van der Waals surface area contributed by atoms with Crippen molar-refractivity contribution >= 4 is 23.1 Å². The molecule has 18 heavy (non-hydrogen) atoms. The minimum Gasteiger partial charge on any atom is -0.305 e. The van der Waals surface area contributed by atoms with Crippen molar-refractivity contribution < 1.29 is 0 Å². The van der Waals surface area contributed by atoms with Crippen LogP contribution in [-0.2, 0) is 0 Å². The molecule has 2 unspecified atom stereocenters. The number of nitrogens with one attached hydrogen (secondary N) is 1. The zero-order chi connectivity index (χ0) is 13.0. The van der Waals surface area contributed by atoms with Gasteiger partial charge >= 0.3 is 0 Å². The molecule has 1 aliphatic heterocycles. The second-order valence-electron chi connectivity index (χ2n) is 5.89. The van der Waals surface area contributed by atoms with Crippen LogP contribution in [0.3, 0.4) is 0 Å². The highest BCUT2D eigenvalue weighted by Gasteiger charge is 2.33. The van der Waals surface area contributed by atoms with Gasteiger partial charge in [-0.25, -0.2) is 0 Å². The Balaban J connectivity index is 2.04. The molecular weight excluding hydrogens is 258 g/mol. The Labute approximate surface area is 120 Å². The van der Waals surface area contributed by atoms with Gasteiger partial charge in [-0.05, 0) is 35.5 Å². The van der Waals surface area contributed by atoms with Crippen LogP contribution in [0.1, 0.15) is 51.0 Å². The number of hydrogen-bond acceptors (Lipinski definition) is 3. The third-order valence-electron chi connectivity index (χ3n) is 3.98. The summed E-state index contributed by atoms with van der Waals surface area (Å²) in [6.07, 6.45) is 3.83. The molecule has 2 rings (SSSR count). The molecule has 1 saturated heterocycles. The maximum atomic E-state index is 3.94. The van der Waals surface area contributed by atoms with Crippen molar-refractivity contribution in [3.63, 3.8) is 0 Å². The Bertz CT molecular complexity index is 345. The molecule has 2 atom stereocenters. The van der Waals surface area contributed by atoms with E-state index in [1.165, 1.54) is 35.6 Å². The van der Waals surface area contributed by atoms with Crippen LogP contribution in [0.2, 0.25) is 0 Å². The third-order valence-corrected chi connectivity index (χ3v) is 6.03. The highest BCUT2D eigenvalue weighted by Crippen LogP contribution is 2.36. The van der Waals surface area contributed by atoms with Crippen molar-refractivity contribution in [1.29, 1.82) is 0 Å². The second-order valence-corrected chi connectivity index (χ2v) is 8.02. The lowest BCUT2D eigenvalue weighted by atomic mass is 9.81. The van der Waals surface area contributed by atoms with E-state index in [0.29, 0.717) is 17.5 Å². The fraction of sp³-hybridized carbons (Fsp3) is 0.733. The van der Waals surface area contributed by atoms with E-state index in [-0.39, 0.29) is 0 Å². The first kappa shape index (κ1) is 14.4. The minimum atomic E-state index is 0.439. The van der Waals surface area contributed by atoms with E-state index in [1.54, 1.807) is 0 Å². The van der Waals surface area contributed by atoms with Crippen LogP contribution in [0, 0.1) is 5.41 Å². The van der Waals surface area contributed by atoms with Gasteiger partial charge in [-0.1, -0.05) is 33.3 Å². The largest absolute Gasteiger partial charge is 0.305 e. The molecule has 1 aromatic rings. The predicted molar refractivity (Wildman–Crippen MR) is 84.6 cm³/mol. The molecule has 0 aromatic carbocycles. The lowest BCUT2D eigenvalue weighted by Crippen LogP contribution is -2.47. The number of thiophene rings is 1. The zero-order valence-electron chi connectivity index (χ0n) is 11.7. The summed E-state index contributed by atoms with van der Waals surface area (Å²) in [6, 6.07) is 5.65. The summed E-state index contributed by atoms with van der Waals surface area (Å²) in [5, 5.41) is 6.13. The highest BCUT2D eigenvalue weighted by molar-refractivity contribution is 7.99. The predicted octanol–water partition coefficient (Wildman–Crippen LogP) is 4.71. The van der Waals surface area contributed by atoms with Crippen molar-refractivity contribution in [2.45, 2.75) is 52.1 Å². The molecular formula is C15H25NS2. The van der Waals surface area contributed by atoms with Gasteiger partial charge in [-0.2, -0.15) is 11.8 Å². The van der Waals surface area contributed by atoms with Crippen molar-refractivity contribution in [2.24, 2.45) is 5.41 Å². The first-order valence-corrected chi connectivity index (χ1v) is 9.04. The lowest BCUT2D eigenvalue weighted by molar-refractivity contribution is 0.225. The van der Waals surface area contributed by atoms with E-state index in [9.17, 15) is 0 Å². The summed E-state index contributed by atoms with van der Waals surface area (Å²) in [5.41, 5.74) is 0.439. The maximum absolute atomic E-state index is 3.94. The van der Waals surface area contributed by atoms with Gasteiger partial charge < -0.3 is 5.32 Å². The van der Waals surface area contributed by atoms with E-state index in [0.717, 1.165) is 0 Å². The van der Waals surface area contributed by atoms with E-state index in [4.69, 9.17) is 0 Å². The first-order chi connectivity index (χ1) is 8.63. The Kier molecular flexibility index (Phi) is 5.16. The van der Waals surface area contributed by atoms with Gasteiger partial charge in [0.25, 0.3) is 0 Å². The molecule has 1 aliphatic rings. The number of rotatable bonds is 5. The Hall–Kier alpha value is 0.01000. The maximum Gasteiger partial charge on any atom is 0.0417 e. The monoisotopic (exact) mass is 283 g/mol. The molecule has 0 bridgehead atoms. The average molecular weight is 284 g/mol. The van der Waals surface area contributed by atoms with Gasteiger partial charge in [0.15, 0.2) is 0 Å². The Morgan fingerprint density at radius 1 is 1.50 bits per heavy atom. The van der Waals surface area contributed by atoms with Crippen LogP contribution < -0.4 is 5.32 Å². The van der Waals surface area contributed by atoms with Crippen LogP contribution >= 0.6 is 23.1 Å². The van der Waals surface area contributed by atoms with Crippen molar-refractivity contribution in [1.82, 2.24) is 5.32 Å². The SMILES string of the molecule is CCCC(NC1CSCCC1(C)C)c1cccs1. The van der Waals surface area contributed by atoms with Crippen LogP contribution in [0.5, 0.6) is 0 Å². The second kappa shape index (κ2) is 6.44. The topological polar surface area (TPSA) is 12.0 Å². The third kappa shape index (κ3) is 3.52. The molecule has 0 spiro atoms. The van der Waals surface area contributed by atoms with Gasteiger partial charge in [0.2, 0.25) is 0 Å². The van der Waals surface area contributed by atoms with Crippen LogP contribution in [0.4, 0.5) is 0 Å². The van der Waals surface area contributed by atoms with Gasteiger partial charge in [-0.3, -0.25) is 0 Å². The molecule has 0 amide bonds. The van der Waals surface area contributed by atoms with E-state index >= 15 is 0 Å². The van der Waals surface area contributed by atoms with Crippen molar-refractivity contribution in [2.75, 3.05) is 11.5 Å². The van der Waals surface area contributed by atoms with Gasteiger partial charge in [0, 0.05) is 22.7 Å². The molecule has 2 heterocycles. The summed E-state index contributed by atoms with van der Waals surface area (Å²) in [6.45, 7) is 7.12. The molecule has 0 aliphatic carbocycles. The summed E-state index contributed by atoms with van der Waals surface area (Å²) in [7, 11) is 0. The molecule has 0 radical (unpaired) electrons. The molecule has 102 valence electrons. The summed E-state index contributed by atoms with van der Waals surface area (Å²) < 4.78 is 0. The molecule has 1 fully saturated rings. The fourth-order valence-electron chi connectivity index (χ4n) is 2.54. The van der Waals surface area contributed by atoms with Crippen LogP contribution in [-0.4, -0.2) is 17.5 Å². The highest BCUT2D eigenvalue weighted by atomic mass is 32.2. The van der Waals surface area contributed by atoms with Gasteiger partial charge in [-0.15, -0.1) is 11.3 Å². The summed E-state index contributed by atoms with van der Waals surface area (Å²) in [4.78, 5) is 1.50. The van der Waals surface area contributed by atoms with E-state index in [2.05, 4.69) is 55.4 Å². The number of hydrogen-bond donors (Lipinski definition) is 1. The molecule has 1 N–H and O–H groups in total. The lowest BCUT2D eigenvalue weighted by Gasteiger charge is -2.40. The quantitative estimate of drug-likeness (QED) is 0.840. The molecule has 1 aromatic heterocycles. The molecule has 1 nitrogen and oxygen atoms in total. The first-order valence-electron chi connectivity index (χ1n) is 7.00. The Morgan fingerprint density at radius 3 is 2.94 bits per heavy atom. The minimum absolute atomic E-state index is 0.439.